The van der Waals surface area contributed by atoms with Gasteiger partial charge < -0.3 is 9.80 Å². The Hall–Kier alpha value is -2.20. The Bertz CT molecular complexity index is 1180. The van der Waals surface area contributed by atoms with E-state index in [9.17, 15) is 13.2 Å². The summed E-state index contributed by atoms with van der Waals surface area (Å²) >= 11 is 7.66. The lowest BCUT2D eigenvalue weighted by Crippen LogP contribution is -2.48. The van der Waals surface area contributed by atoms with E-state index in [2.05, 4.69) is 9.88 Å². The standard InChI is InChI=1S/C20H21ClN4O3S2/c1-23(2)30(27,28)16-6-3-14(4-7-16)19(26)24-9-11-25(12-10-24)20-22-17-8-5-15(21)13-18(17)29-20/h3-8,13H,9-12H2,1-2H3. The van der Waals surface area contributed by atoms with Crippen molar-refractivity contribution in [3.05, 3.63) is 53.1 Å². The number of thiazole rings is 1. The molecule has 1 aliphatic heterocycles. The number of carbonyl (C=O) groups is 1. The van der Waals surface area contributed by atoms with Crippen molar-refractivity contribution in [1.29, 1.82) is 0 Å². The van der Waals surface area contributed by atoms with E-state index in [4.69, 9.17) is 11.6 Å². The fourth-order valence-corrected chi connectivity index (χ4v) is 5.48. The first-order valence-electron chi connectivity index (χ1n) is 9.38. The summed E-state index contributed by atoms with van der Waals surface area (Å²) < 4.78 is 26.6. The number of carbonyl (C=O) groups excluding carboxylic acids is 1. The summed E-state index contributed by atoms with van der Waals surface area (Å²) in [6.07, 6.45) is 0. The largest absolute Gasteiger partial charge is 0.345 e. The quantitative estimate of drug-likeness (QED) is 0.593. The number of aromatic nitrogens is 1. The highest BCUT2D eigenvalue weighted by molar-refractivity contribution is 7.89. The fourth-order valence-electron chi connectivity index (χ4n) is 3.29. The predicted octanol–water partition coefficient (Wildman–Crippen LogP) is 3.16. The van der Waals surface area contributed by atoms with Crippen molar-refractivity contribution >= 4 is 54.2 Å². The van der Waals surface area contributed by atoms with Gasteiger partial charge in [-0.2, -0.15) is 0 Å². The molecular weight excluding hydrogens is 444 g/mol. The Balaban J connectivity index is 1.42. The van der Waals surface area contributed by atoms with Crippen LogP contribution in [0, 0.1) is 0 Å². The van der Waals surface area contributed by atoms with Crippen molar-refractivity contribution in [2.75, 3.05) is 45.2 Å². The highest BCUT2D eigenvalue weighted by Gasteiger charge is 2.25. The molecule has 1 fully saturated rings. The maximum atomic E-state index is 12.8. The van der Waals surface area contributed by atoms with Gasteiger partial charge in [-0.25, -0.2) is 17.7 Å². The summed E-state index contributed by atoms with van der Waals surface area (Å²) in [6.45, 7) is 2.53. The van der Waals surface area contributed by atoms with Crippen LogP contribution < -0.4 is 4.90 Å². The third-order valence-electron chi connectivity index (χ3n) is 5.06. The molecule has 1 aliphatic rings. The number of hydrogen-bond acceptors (Lipinski definition) is 6. The smallest absolute Gasteiger partial charge is 0.253 e. The average Bonchev–Trinajstić information content (AvgIpc) is 3.16. The van der Waals surface area contributed by atoms with Crippen LogP contribution in [0.4, 0.5) is 5.13 Å². The molecule has 0 radical (unpaired) electrons. The van der Waals surface area contributed by atoms with Gasteiger partial charge in [-0.05, 0) is 42.5 Å². The van der Waals surface area contributed by atoms with Crippen LogP contribution in [0.5, 0.6) is 0 Å². The van der Waals surface area contributed by atoms with Crippen LogP contribution in [0.25, 0.3) is 10.2 Å². The monoisotopic (exact) mass is 464 g/mol. The second-order valence-corrected chi connectivity index (χ2v) is 10.8. The lowest BCUT2D eigenvalue weighted by Gasteiger charge is -2.34. The van der Waals surface area contributed by atoms with E-state index >= 15 is 0 Å². The third-order valence-corrected chi connectivity index (χ3v) is 8.20. The Kier molecular flexibility index (Phi) is 5.71. The lowest BCUT2D eigenvalue weighted by atomic mass is 10.2. The van der Waals surface area contributed by atoms with Crippen molar-refractivity contribution < 1.29 is 13.2 Å². The molecule has 1 saturated heterocycles. The number of sulfonamides is 1. The predicted molar refractivity (Wildman–Crippen MR) is 120 cm³/mol. The SMILES string of the molecule is CN(C)S(=O)(=O)c1ccc(C(=O)N2CCN(c3nc4ccc(Cl)cc4s3)CC2)cc1. The van der Waals surface area contributed by atoms with Crippen LogP contribution in [0.1, 0.15) is 10.4 Å². The van der Waals surface area contributed by atoms with E-state index in [1.54, 1.807) is 28.4 Å². The Morgan fingerprint density at radius 1 is 1.07 bits per heavy atom. The highest BCUT2D eigenvalue weighted by atomic mass is 35.5. The molecule has 0 unspecified atom stereocenters. The molecule has 158 valence electrons. The third kappa shape index (κ3) is 4.02. The van der Waals surface area contributed by atoms with Gasteiger partial charge >= 0.3 is 0 Å². The molecule has 0 aliphatic carbocycles. The topological polar surface area (TPSA) is 73.8 Å². The maximum absolute atomic E-state index is 12.8. The minimum absolute atomic E-state index is 0.0977. The van der Waals surface area contributed by atoms with Crippen molar-refractivity contribution in [2.45, 2.75) is 4.90 Å². The number of nitrogens with zero attached hydrogens (tertiary/aromatic N) is 4. The number of benzene rings is 2. The van der Waals surface area contributed by atoms with Crippen LogP contribution in [-0.2, 0) is 10.0 Å². The van der Waals surface area contributed by atoms with Crippen molar-refractivity contribution in [2.24, 2.45) is 0 Å². The van der Waals surface area contributed by atoms with Crippen LogP contribution in [-0.4, -0.2) is 68.8 Å². The molecule has 2 aromatic carbocycles. The second-order valence-electron chi connectivity index (χ2n) is 7.20. The summed E-state index contributed by atoms with van der Waals surface area (Å²) in [5.74, 6) is -0.0977. The molecular formula is C20H21ClN4O3S2. The number of hydrogen-bond donors (Lipinski definition) is 0. The Labute approximate surface area is 184 Å². The van der Waals surface area contributed by atoms with Gasteiger partial charge in [-0.3, -0.25) is 4.79 Å². The van der Waals surface area contributed by atoms with Crippen molar-refractivity contribution in [3.8, 4) is 0 Å². The molecule has 0 saturated carbocycles. The molecule has 4 rings (SSSR count). The van der Waals surface area contributed by atoms with E-state index in [1.807, 2.05) is 18.2 Å². The summed E-state index contributed by atoms with van der Waals surface area (Å²) in [4.78, 5) is 21.6. The van der Waals surface area contributed by atoms with Gasteiger partial charge in [0.1, 0.15) is 0 Å². The molecule has 2 heterocycles. The summed E-state index contributed by atoms with van der Waals surface area (Å²) in [5, 5.41) is 1.62. The molecule has 0 N–H and O–H groups in total. The van der Waals surface area contributed by atoms with Gasteiger partial charge in [-0.15, -0.1) is 0 Å². The first kappa shape index (κ1) is 21.0. The molecule has 0 bridgehead atoms. The molecule has 0 atom stereocenters. The van der Waals surface area contributed by atoms with Gasteiger partial charge in [0.25, 0.3) is 5.91 Å². The molecule has 7 nitrogen and oxygen atoms in total. The summed E-state index contributed by atoms with van der Waals surface area (Å²) in [6, 6.07) is 11.8. The molecule has 3 aromatic rings. The van der Waals surface area contributed by atoms with Crippen LogP contribution in [0.15, 0.2) is 47.4 Å². The zero-order valence-electron chi connectivity index (χ0n) is 16.6. The molecule has 10 heteroatoms. The normalized spacial score (nSPS) is 15.2. The lowest BCUT2D eigenvalue weighted by molar-refractivity contribution is 0.0746. The molecule has 30 heavy (non-hydrogen) atoms. The van der Waals surface area contributed by atoms with Gasteiger partial charge in [0.2, 0.25) is 10.0 Å². The maximum Gasteiger partial charge on any atom is 0.253 e. The number of halogens is 1. The van der Waals surface area contributed by atoms with Crippen molar-refractivity contribution in [1.82, 2.24) is 14.2 Å². The second kappa shape index (κ2) is 8.14. The number of piperazine rings is 1. The van der Waals surface area contributed by atoms with Crippen molar-refractivity contribution in [3.63, 3.8) is 0 Å². The van der Waals surface area contributed by atoms with Gasteiger partial charge in [0.15, 0.2) is 5.13 Å². The van der Waals surface area contributed by atoms with Gasteiger partial charge in [-0.1, -0.05) is 22.9 Å². The van der Waals surface area contributed by atoms with E-state index in [-0.39, 0.29) is 10.8 Å². The number of anilines is 1. The summed E-state index contributed by atoms with van der Waals surface area (Å²) in [5.41, 5.74) is 1.40. The molecule has 1 amide bonds. The van der Waals surface area contributed by atoms with E-state index in [0.29, 0.717) is 36.8 Å². The van der Waals surface area contributed by atoms with E-state index in [1.165, 1.54) is 26.2 Å². The number of rotatable bonds is 4. The fraction of sp³-hybridized carbons (Fsp3) is 0.300. The minimum Gasteiger partial charge on any atom is -0.345 e. The Morgan fingerprint density at radius 2 is 1.73 bits per heavy atom. The molecule has 1 aromatic heterocycles. The first-order chi connectivity index (χ1) is 14.3. The van der Waals surface area contributed by atoms with Crippen LogP contribution in [0.3, 0.4) is 0 Å². The number of amides is 1. The highest BCUT2D eigenvalue weighted by Crippen LogP contribution is 2.31. The van der Waals surface area contributed by atoms with Crippen LogP contribution >= 0.6 is 22.9 Å². The first-order valence-corrected chi connectivity index (χ1v) is 12.0. The zero-order chi connectivity index (χ0) is 21.5. The minimum atomic E-state index is -3.51. The van der Waals surface area contributed by atoms with Gasteiger partial charge in [0, 0.05) is 50.9 Å². The Morgan fingerprint density at radius 3 is 2.37 bits per heavy atom. The van der Waals surface area contributed by atoms with Gasteiger partial charge in [0.05, 0.1) is 15.1 Å². The van der Waals surface area contributed by atoms with E-state index in [0.717, 1.165) is 19.7 Å². The number of fused-ring (bicyclic) bond motifs is 1. The average molecular weight is 465 g/mol. The van der Waals surface area contributed by atoms with E-state index < -0.39 is 10.0 Å². The molecule has 0 spiro atoms. The zero-order valence-corrected chi connectivity index (χ0v) is 19.0. The summed E-state index contributed by atoms with van der Waals surface area (Å²) in [7, 11) is -0.548. The van der Waals surface area contributed by atoms with Crippen LogP contribution in [0.2, 0.25) is 5.02 Å².